The van der Waals surface area contributed by atoms with Crippen molar-refractivity contribution < 1.29 is 14.3 Å². The SMILES string of the molecule is COC(=O)[C@@H]1Cc2ccccc2CN1C(=O)Cn1nnc(-c2cccs2)n1. The first-order chi connectivity index (χ1) is 13.2. The number of hydrogen-bond donors (Lipinski definition) is 0. The Bertz CT molecular complexity index is 969. The monoisotopic (exact) mass is 383 g/mol. The normalized spacial score (nSPS) is 16.0. The third-order valence-electron chi connectivity index (χ3n) is 4.51. The Labute approximate surface area is 159 Å². The molecular weight excluding hydrogens is 366 g/mol. The smallest absolute Gasteiger partial charge is 0.328 e. The van der Waals surface area contributed by atoms with E-state index in [-0.39, 0.29) is 12.5 Å². The van der Waals surface area contributed by atoms with Crippen LogP contribution in [0.15, 0.2) is 41.8 Å². The van der Waals surface area contributed by atoms with Gasteiger partial charge in [0, 0.05) is 13.0 Å². The molecule has 1 atom stereocenters. The van der Waals surface area contributed by atoms with E-state index in [0.717, 1.165) is 16.0 Å². The fourth-order valence-electron chi connectivity index (χ4n) is 3.16. The van der Waals surface area contributed by atoms with Crippen molar-refractivity contribution in [2.75, 3.05) is 7.11 Å². The summed E-state index contributed by atoms with van der Waals surface area (Å²) in [6, 6.07) is 10.9. The zero-order chi connectivity index (χ0) is 18.8. The largest absolute Gasteiger partial charge is 0.467 e. The molecule has 0 saturated heterocycles. The number of aromatic nitrogens is 4. The lowest BCUT2D eigenvalue weighted by molar-refractivity contribution is -0.154. The van der Waals surface area contributed by atoms with Gasteiger partial charge in [0.25, 0.3) is 0 Å². The molecule has 0 unspecified atom stereocenters. The molecule has 8 nitrogen and oxygen atoms in total. The van der Waals surface area contributed by atoms with Gasteiger partial charge >= 0.3 is 5.97 Å². The molecule has 0 radical (unpaired) electrons. The third kappa shape index (κ3) is 3.45. The number of hydrogen-bond acceptors (Lipinski definition) is 7. The number of benzene rings is 1. The Balaban J connectivity index is 1.55. The van der Waals surface area contributed by atoms with Crippen molar-refractivity contribution in [2.24, 2.45) is 0 Å². The summed E-state index contributed by atoms with van der Waals surface area (Å²) in [5.74, 6) is -0.204. The summed E-state index contributed by atoms with van der Waals surface area (Å²) in [6.45, 7) is 0.259. The van der Waals surface area contributed by atoms with Gasteiger partial charge in [0.2, 0.25) is 11.7 Å². The van der Waals surface area contributed by atoms with Gasteiger partial charge in [-0.25, -0.2) is 4.79 Å². The lowest BCUT2D eigenvalue weighted by atomic mass is 9.94. The van der Waals surface area contributed by atoms with Crippen LogP contribution in [0.1, 0.15) is 11.1 Å². The van der Waals surface area contributed by atoms with Crippen molar-refractivity contribution >= 4 is 23.2 Å². The Kier molecular flexibility index (Phi) is 4.68. The Morgan fingerprint density at radius 1 is 1.22 bits per heavy atom. The standard InChI is InChI=1S/C18H17N5O3S/c1-26-18(25)14-9-12-5-2-3-6-13(12)10-22(14)16(24)11-23-20-17(19-21-23)15-7-4-8-27-15/h2-8,14H,9-11H2,1H3/t14-/m0/s1. The predicted molar refractivity (Wildman–Crippen MR) is 97.6 cm³/mol. The van der Waals surface area contributed by atoms with E-state index < -0.39 is 12.0 Å². The number of ether oxygens (including phenoxy) is 1. The number of nitrogens with zero attached hydrogens (tertiary/aromatic N) is 5. The molecule has 3 aromatic rings. The van der Waals surface area contributed by atoms with Crippen LogP contribution >= 0.6 is 11.3 Å². The summed E-state index contributed by atoms with van der Waals surface area (Å²) < 4.78 is 4.91. The van der Waals surface area contributed by atoms with E-state index in [1.54, 1.807) is 0 Å². The van der Waals surface area contributed by atoms with Gasteiger partial charge in [-0.15, -0.1) is 21.5 Å². The molecule has 1 aliphatic heterocycles. The van der Waals surface area contributed by atoms with E-state index in [1.165, 1.54) is 28.1 Å². The Morgan fingerprint density at radius 2 is 2.04 bits per heavy atom. The highest BCUT2D eigenvalue weighted by molar-refractivity contribution is 7.13. The molecule has 1 aliphatic rings. The molecule has 3 heterocycles. The molecule has 2 aromatic heterocycles. The van der Waals surface area contributed by atoms with Gasteiger partial charge in [-0.05, 0) is 27.8 Å². The van der Waals surface area contributed by atoms with Crippen molar-refractivity contribution in [1.29, 1.82) is 0 Å². The highest BCUT2D eigenvalue weighted by atomic mass is 32.1. The number of thiophene rings is 1. The number of fused-ring (bicyclic) bond motifs is 1. The van der Waals surface area contributed by atoms with Gasteiger partial charge in [-0.1, -0.05) is 30.3 Å². The van der Waals surface area contributed by atoms with Crippen LogP contribution in [0.25, 0.3) is 10.7 Å². The van der Waals surface area contributed by atoms with Gasteiger partial charge in [0.05, 0.1) is 12.0 Å². The van der Waals surface area contributed by atoms with Crippen molar-refractivity contribution in [1.82, 2.24) is 25.1 Å². The second-order valence-corrected chi connectivity index (χ2v) is 7.10. The number of rotatable bonds is 4. The average molecular weight is 383 g/mol. The number of carbonyl (C=O) groups is 2. The minimum atomic E-state index is -0.655. The van der Waals surface area contributed by atoms with Gasteiger partial charge < -0.3 is 9.64 Å². The molecule has 0 saturated carbocycles. The Hall–Kier alpha value is -3.07. The van der Waals surface area contributed by atoms with E-state index in [0.29, 0.717) is 18.8 Å². The number of tetrazole rings is 1. The molecule has 0 bridgehead atoms. The fraction of sp³-hybridized carbons (Fsp3) is 0.278. The average Bonchev–Trinajstić information content (AvgIpc) is 3.38. The van der Waals surface area contributed by atoms with E-state index in [2.05, 4.69) is 15.4 Å². The molecule has 9 heteroatoms. The van der Waals surface area contributed by atoms with Crippen molar-refractivity contribution in [3.8, 4) is 10.7 Å². The van der Waals surface area contributed by atoms with Crippen LogP contribution in [0, 0.1) is 0 Å². The highest BCUT2D eigenvalue weighted by Gasteiger charge is 2.35. The first-order valence-electron chi connectivity index (χ1n) is 8.41. The summed E-state index contributed by atoms with van der Waals surface area (Å²) in [6.07, 6.45) is 0.430. The van der Waals surface area contributed by atoms with Gasteiger partial charge in [-0.3, -0.25) is 4.79 Å². The molecular formula is C18H17N5O3S. The van der Waals surface area contributed by atoms with Crippen LogP contribution < -0.4 is 0 Å². The third-order valence-corrected chi connectivity index (χ3v) is 5.38. The van der Waals surface area contributed by atoms with Crippen molar-refractivity contribution in [3.63, 3.8) is 0 Å². The molecule has 0 fully saturated rings. The molecule has 0 N–H and O–H groups in total. The summed E-state index contributed by atoms with van der Waals surface area (Å²) in [4.78, 5) is 28.8. The molecule has 4 rings (SSSR count). The van der Waals surface area contributed by atoms with Crippen molar-refractivity contribution in [2.45, 2.75) is 25.6 Å². The number of amides is 1. The first-order valence-corrected chi connectivity index (χ1v) is 9.29. The summed E-state index contributed by atoms with van der Waals surface area (Å²) in [7, 11) is 1.33. The van der Waals surface area contributed by atoms with Gasteiger partial charge in [-0.2, -0.15) is 4.80 Å². The predicted octanol–water partition coefficient (Wildman–Crippen LogP) is 1.53. The van der Waals surface area contributed by atoms with Crippen LogP contribution in [0.4, 0.5) is 0 Å². The lowest BCUT2D eigenvalue weighted by Gasteiger charge is -2.35. The Morgan fingerprint density at radius 3 is 2.78 bits per heavy atom. The van der Waals surface area contributed by atoms with Gasteiger partial charge in [0.1, 0.15) is 12.6 Å². The second-order valence-electron chi connectivity index (χ2n) is 6.15. The van der Waals surface area contributed by atoms with E-state index in [9.17, 15) is 9.59 Å². The van der Waals surface area contributed by atoms with E-state index in [4.69, 9.17) is 4.74 Å². The van der Waals surface area contributed by atoms with Crippen LogP contribution in [0.2, 0.25) is 0 Å². The lowest BCUT2D eigenvalue weighted by Crippen LogP contribution is -2.50. The summed E-state index contributed by atoms with van der Waals surface area (Å²) >= 11 is 1.50. The zero-order valence-corrected chi connectivity index (χ0v) is 15.4. The maximum atomic E-state index is 12.9. The molecule has 1 amide bonds. The van der Waals surface area contributed by atoms with Crippen LogP contribution in [0.5, 0.6) is 0 Å². The summed E-state index contributed by atoms with van der Waals surface area (Å²) in [5, 5.41) is 14.1. The minimum Gasteiger partial charge on any atom is -0.467 e. The number of esters is 1. The molecule has 0 aliphatic carbocycles. The maximum absolute atomic E-state index is 12.9. The van der Waals surface area contributed by atoms with E-state index in [1.807, 2.05) is 41.8 Å². The van der Waals surface area contributed by atoms with Gasteiger partial charge in [0.15, 0.2) is 0 Å². The fourth-order valence-corrected chi connectivity index (χ4v) is 3.81. The first kappa shape index (κ1) is 17.3. The van der Waals surface area contributed by atoms with E-state index >= 15 is 0 Å². The second kappa shape index (κ2) is 7.28. The highest BCUT2D eigenvalue weighted by Crippen LogP contribution is 2.24. The number of carbonyl (C=O) groups excluding carboxylic acids is 2. The minimum absolute atomic E-state index is 0.0892. The van der Waals surface area contributed by atoms with Crippen molar-refractivity contribution in [3.05, 3.63) is 52.9 Å². The zero-order valence-electron chi connectivity index (χ0n) is 14.6. The van der Waals surface area contributed by atoms with Crippen LogP contribution in [-0.4, -0.2) is 50.1 Å². The molecule has 138 valence electrons. The number of methoxy groups -OCH3 is 1. The molecule has 1 aromatic carbocycles. The molecule has 0 spiro atoms. The maximum Gasteiger partial charge on any atom is 0.328 e. The topological polar surface area (TPSA) is 90.2 Å². The molecule has 27 heavy (non-hydrogen) atoms. The van der Waals surface area contributed by atoms with Crippen LogP contribution in [-0.2, 0) is 33.8 Å². The summed E-state index contributed by atoms with van der Waals surface area (Å²) in [5.41, 5.74) is 2.08. The van der Waals surface area contributed by atoms with Crippen LogP contribution in [0.3, 0.4) is 0 Å². The quantitative estimate of drug-likeness (QED) is 0.635.